The number of hydrogen-bond donors (Lipinski definition) is 0. The Hall–Kier alpha value is -1.18. The van der Waals surface area contributed by atoms with Crippen LogP contribution < -0.4 is 0 Å². The molecule has 0 radical (unpaired) electrons. The van der Waals surface area contributed by atoms with Gasteiger partial charge in [-0.3, -0.25) is 0 Å². The normalized spacial score (nSPS) is 10.1. The summed E-state index contributed by atoms with van der Waals surface area (Å²) in [7, 11) is 0. The molecule has 16 heavy (non-hydrogen) atoms. The van der Waals surface area contributed by atoms with Crippen LogP contribution in [0.1, 0.15) is 11.3 Å². The lowest BCUT2D eigenvalue weighted by atomic mass is 10.2. The second-order valence-corrected chi connectivity index (χ2v) is 5.26. The largest absolute Gasteiger partial charge is 0.468 e. The highest BCUT2D eigenvalue weighted by Gasteiger charge is 2.05. The maximum Gasteiger partial charge on any atom is 0.114 e. The first kappa shape index (κ1) is 11.3. The Kier molecular flexibility index (Phi) is 3.37. The second-order valence-electron chi connectivity index (χ2n) is 3.23. The van der Waals surface area contributed by atoms with E-state index in [9.17, 15) is 0 Å². The minimum absolute atomic E-state index is 0.651. The van der Waals surface area contributed by atoms with E-state index in [1.165, 1.54) is 0 Å². The lowest BCUT2D eigenvalue weighted by molar-refractivity contribution is 0.527. The van der Waals surface area contributed by atoms with Gasteiger partial charge in [-0.1, -0.05) is 27.7 Å². The van der Waals surface area contributed by atoms with Gasteiger partial charge in [-0.15, -0.1) is 0 Å². The minimum atomic E-state index is 0.651. The number of rotatable bonds is 2. The van der Waals surface area contributed by atoms with Gasteiger partial charge in [0.1, 0.15) is 5.76 Å². The van der Waals surface area contributed by atoms with Crippen LogP contribution in [0.15, 0.2) is 49.2 Å². The fraction of sp³-hybridized carbons (Fsp3) is 0.0833. The molecule has 0 unspecified atom stereocenters. The van der Waals surface area contributed by atoms with Crippen LogP contribution in [0.4, 0.5) is 0 Å². The summed E-state index contributed by atoms with van der Waals surface area (Å²) in [6, 6.07) is 9.70. The molecule has 2 nitrogen and oxygen atoms in total. The van der Waals surface area contributed by atoms with Gasteiger partial charge in [-0.25, -0.2) is 0 Å². The first-order valence-electron chi connectivity index (χ1n) is 4.61. The molecular formula is C12H8BrNOS. The second kappa shape index (κ2) is 4.77. The van der Waals surface area contributed by atoms with Gasteiger partial charge < -0.3 is 4.42 Å². The van der Waals surface area contributed by atoms with Crippen LogP contribution in [0.5, 0.6) is 0 Å². The lowest BCUT2D eigenvalue weighted by Gasteiger charge is -2.01. The third kappa shape index (κ3) is 2.49. The topological polar surface area (TPSA) is 36.9 Å². The SMILES string of the molecule is Cc1occc1Sc1cc(Br)cc(C#N)c1. The van der Waals surface area contributed by atoms with E-state index in [1.54, 1.807) is 24.1 Å². The van der Waals surface area contributed by atoms with Gasteiger partial charge in [-0.2, -0.15) is 5.26 Å². The lowest BCUT2D eigenvalue weighted by Crippen LogP contribution is -1.78. The molecule has 0 aliphatic rings. The van der Waals surface area contributed by atoms with E-state index in [1.807, 2.05) is 25.1 Å². The third-order valence-corrected chi connectivity index (χ3v) is 3.61. The number of hydrogen-bond acceptors (Lipinski definition) is 3. The molecule has 0 aliphatic heterocycles. The number of benzene rings is 1. The number of furan rings is 1. The Morgan fingerprint density at radius 3 is 2.81 bits per heavy atom. The third-order valence-electron chi connectivity index (χ3n) is 2.04. The van der Waals surface area contributed by atoms with E-state index in [-0.39, 0.29) is 0 Å². The van der Waals surface area contributed by atoms with Gasteiger partial charge in [0, 0.05) is 9.37 Å². The zero-order valence-corrected chi connectivity index (χ0v) is 10.9. The van der Waals surface area contributed by atoms with Crippen molar-refractivity contribution in [3.8, 4) is 6.07 Å². The van der Waals surface area contributed by atoms with Crippen molar-refractivity contribution in [2.75, 3.05) is 0 Å². The summed E-state index contributed by atoms with van der Waals surface area (Å²) in [5.74, 6) is 0.892. The number of nitriles is 1. The summed E-state index contributed by atoms with van der Waals surface area (Å²) in [6.07, 6.45) is 1.67. The van der Waals surface area contributed by atoms with Crippen LogP contribution in [-0.4, -0.2) is 0 Å². The number of nitrogens with zero attached hydrogens (tertiary/aromatic N) is 1. The Morgan fingerprint density at radius 2 is 2.19 bits per heavy atom. The van der Waals surface area contributed by atoms with E-state index in [4.69, 9.17) is 9.68 Å². The molecular weight excluding hydrogens is 286 g/mol. The Balaban J connectivity index is 2.32. The molecule has 0 N–H and O–H groups in total. The summed E-state index contributed by atoms with van der Waals surface area (Å²) in [5.41, 5.74) is 0.651. The first-order chi connectivity index (χ1) is 7.69. The smallest absolute Gasteiger partial charge is 0.114 e. The van der Waals surface area contributed by atoms with Gasteiger partial charge in [0.15, 0.2) is 0 Å². The Bertz CT molecular complexity index is 556. The van der Waals surface area contributed by atoms with Crippen LogP contribution in [0.25, 0.3) is 0 Å². The fourth-order valence-electron chi connectivity index (χ4n) is 1.29. The van der Waals surface area contributed by atoms with Gasteiger partial charge in [0.2, 0.25) is 0 Å². The van der Waals surface area contributed by atoms with E-state index in [0.29, 0.717) is 5.56 Å². The standard InChI is InChI=1S/C12H8BrNOS/c1-8-12(2-3-15-8)16-11-5-9(7-14)4-10(13)6-11/h2-6H,1H3. The van der Waals surface area contributed by atoms with E-state index < -0.39 is 0 Å². The van der Waals surface area contributed by atoms with Crippen LogP contribution >= 0.6 is 27.7 Å². The number of aryl methyl sites for hydroxylation is 1. The molecule has 1 heterocycles. The van der Waals surface area contributed by atoms with E-state index in [0.717, 1.165) is 20.0 Å². The van der Waals surface area contributed by atoms with Gasteiger partial charge in [0.25, 0.3) is 0 Å². The molecule has 0 fully saturated rings. The average Bonchev–Trinajstić information content (AvgIpc) is 2.63. The van der Waals surface area contributed by atoms with Crippen molar-refractivity contribution in [1.82, 2.24) is 0 Å². The predicted molar refractivity (Wildman–Crippen MR) is 66.4 cm³/mol. The van der Waals surface area contributed by atoms with Crippen molar-refractivity contribution in [2.45, 2.75) is 16.7 Å². The molecule has 0 amide bonds. The maximum atomic E-state index is 8.87. The molecule has 4 heteroatoms. The molecule has 0 spiro atoms. The molecule has 0 saturated heterocycles. The molecule has 2 rings (SSSR count). The highest BCUT2D eigenvalue weighted by Crippen LogP contribution is 2.33. The Morgan fingerprint density at radius 1 is 1.38 bits per heavy atom. The molecule has 1 aromatic carbocycles. The van der Waals surface area contributed by atoms with E-state index >= 15 is 0 Å². The van der Waals surface area contributed by atoms with Crippen LogP contribution in [0.2, 0.25) is 0 Å². The van der Waals surface area contributed by atoms with Gasteiger partial charge in [-0.05, 0) is 31.2 Å². The van der Waals surface area contributed by atoms with Gasteiger partial charge in [0.05, 0.1) is 22.8 Å². The molecule has 80 valence electrons. The highest BCUT2D eigenvalue weighted by molar-refractivity contribution is 9.10. The Labute approximate surface area is 106 Å². The van der Waals surface area contributed by atoms with Crippen molar-refractivity contribution < 1.29 is 4.42 Å². The average molecular weight is 294 g/mol. The monoisotopic (exact) mass is 293 g/mol. The molecule has 0 saturated carbocycles. The first-order valence-corrected chi connectivity index (χ1v) is 6.22. The highest BCUT2D eigenvalue weighted by atomic mass is 79.9. The summed E-state index contributed by atoms with van der Waals surface area (Å²) in [5, 5.41) is 8.87. The number of halogens is 1. The van der Waals surface area contributed by atoms with Crippen LogP contribution in [0.3, 0.4) is 0 Å². The summed E-state index contributed by atoms with van der Waals surface area (Å²) in [4.78, 5) is 2.09. The van der Waals surface area contributed by atoms with E-state index in [2.05, 4.69) is 22.0 Å². The summed E-state index contributed by atoms with van der Waals surface area (Å²) in [6.45, 7) is 1.92. The molecule has 0 bridgehead atoms. The van der Waals surface area contributed by atoms with Crippen molar-refractivity contribution in [3.63, 3.8) is 0 Å². The van der Waals surface area contributed by atoms with Crippen LogP contribution in [0, 0.1) is 18.3 Å². The zero-order valence-electron chi connectivity index (χ0n) is 8.53. The maximum absolute atomic E-state index is 8.87. The molecule has 0 aliphatic carbocycles. The summed E-state index contributed by atoms with van der Waals surface area (Å²) >= 11 is 4.98. The quantitative estimate of drug-likeness (QED) is 0.825. The predicted octanol–water partition coefficient (Wildman–Crippen LogP) is 4.37. The molecule has 1 aromatic heterocycles. The minimum Gasteiger partial charge on any atom is -0.468 e. The molecule has 0 atom stereocenters. The van der Waals surface area contributed by atoms with Crippen molar-refractivity contribution in [3.05, 3.63) is 46.3 Å². The van der Waals surface area contributed by atoms with Crippen molar-refractivity contribution in [2.24, 2.45) is 0 Å². The zero-order chi connectivity index (χ0) is 11.5. The van der Waals surface area contributed by atoms with Crippen molar-refractivity contribution >= 4 is 27.7 Å². The van der Waals surface area contributed by atoms with Crippen LogP contribution in [-0.2, 0) is 0 Å². The van der Waals surface area contributed by atoms with Crippen molar-refractivity contribution in [1.29, 1.82) is 5.26 Å². The molecule has 2 aromatic rings. The summed E-state index contributed by atoms with van der Waals surface area (Å²) < 4.78 is 6.14. The van der Waals surface area contributed by atoms with Gasteiger partial charge >= 0.3 is 0 Å². The fourth-order valence-corrected chi connectivity index (χ4v) is 2.88.